The van der Waals surface area contributed by atoms with E-state index in [4.69, 9.17) is 23.2 Å². The summed E-state index contributed by atoms with van der Waals surface area (Å²) in [4.78, 5) is 20.4. The van der Waals surface area contributed by atoms with Crippen molar-refractivity contribution >= 4 is 57.0 Å². The molecule has 3 nitrogen and oxygen atoms in total. The molecule has 0 atom stereocenters. The maximum Gasteiger partial charge on any atom is 0.259 e. The average molecular weight is 363 g/mol. The molecular weight excluding hydrogens is 351 g/mol. The van der Waals surface area contributed by atoms with Crippen LogP contribution in [0.4, 0.5) is 0 Å². The van der Waals surface area contributed by atoms with Gasteiger partial charge in [0.2, 0.25) is 0 Å². The molecule has 3 aromatic rings. The van der Waals surface area contributed by atoms with E-state index in [0.29, 0.717) is 26.8 Å². The summed E-state index contributed by atoms with van der Waals surface area (Å²) in [6.45, 7) is 0. The van der Waals surface area contributed by atoms with Gasteiger partial charge in [-0.1, -0.05) is 35.3 Å². The number of hydrogen-bond acceptors (Lipinski definition) is 3. The van der Waals surface area contributed by atoms with Crippen molar-refractivity contribution in [1.29, 1.82) is 0 Å². The Morgan fingerprint density at radius 3 is 2.65 bits per heavy atom. The van der Waals surface area contributed by atoms with Crippen molar-refractivity contribution in [2.24, 2.45) is 0 Å². The predicted octanol–water partition coefficient (Wildman–Crippen LogP) is 5.04. The van der Waals surface area contributed by atoms with E-state index in [0.717, 1.165) is 5.56 Å². The van der Waals surface area contributed by atoms with Crippen molar-refractivity contribution in [3.05, 3.63) is 69.2 Å². The second-order valence-corrected chi connectivity index (χ2v) is 6.56. The zero-order chi connectivity index (χ0) is 16.4. The molecule has 0 radical (unpaired) electrons. The Hall–Kier alpha value is -1.75. The van der Waals surface area contributed by atoms with Crippen molar-refractivity contribution in [1.82, 2.24) is 9.97 Å². The van der Waals surface area contributed by atoms with Crippen LogP contribution in [0.3, 0.4) is 0 Å². The molecule has 2 aromatic carbocycles. The Kier molecular flexibility index (Phi) is 4.76. The van der Waals surface area contributed by atoms with Crippen LogP contribution in [0.5, 0.6) is 0 Å². The van der Waals surface area contributed by atoms with Gasteiger partial charge in [0.05, 0.1) is 15.9 Å². The lowest BCUT2D eigenvalue weighted by Crippen LogP contribution is -2.10. The summed E-state index contributed by atoms with van der Waals surface area (Å²) in [5.74, 6) is 0.320. The lowest BCUT2D eigenvalue weighted by atomic mass is 10.2. The molecule has 0 aliphatic rings. The van der Waals surface area contributed by atoms with Crippen LogP contribution in [0.15, 0.2) is 52.2 Å². The van der Waals surface area contributed by atoms with Gasteiger partial charge in [-0.3, -0.25) is 4.79 Å². The summed E-state index contributed by atoms with van der Waals surface area (Å²) in [6, 6.07) is 12.9. The van der Waals surface area contributed by atoms with Crippen LogP contribution in [-0.2, 0) is 0 Å². The minimum Gasteiger partial charge on any atom is -0.305 e. The number of thioether (sulfide) groups is 1. The van der Waals surface area contributed by atoms with Crippen LogP contribution in [0.25, 0.3) is 22.0 Å². The molecule has 0 saturated heterocycles. The summed E-state index contributed by atoms with van der Waals surface area (Å²) in [5.41, 5.74) is 1.20. The van der Waals surface area contributed by atoms with Gasteiger partial charge in [0, 0.05) is 9.92 Å². The molecule has 0 aliphatic carbocycles. The highest BCUT2D eigenvalue weighted by Gasteiger charge is 2.07. The van der Waals surface area contributed by atoms with Crippen LogP contribution in [0.1, 0.15) is 11.4 Å². The summed E-state index contributed by atoms with van der Waals surface area (Å²) < 4.78 is 0. The normalized spacial score (nSPS) is 11.9. The maximum atomic E-state index is 12.1. The Morgan fingerprint density at radius 2 is 1.96 bits per heavy atom. The van der Waals surface area contributed by atoms with Gasteiger partial charge in [0.1, 0.15) is 0 Å². The molecule has 1 N–H and O–H groups in total. The summed E-state index contributed by atoms with van der Waals surface area (Å²) in [6.07, 6.45) is 3.78. The van der Waals surface area contributed by atoms with Crippen LogP contribution >= 0.6 is 35.0 Å². The Labute approximate surface area is 147 Å². The number of nitrogens with zero attached hydrogens (tertiary/aromatic N) is 1. The molecule has 1 heterocycles. The molecule has 23 heavy (non-hydrogen) atoms. The number of nitrogens with one attached hydrogen (secondary N) is 1. The van der Waals surface area contributed by atoms with E-state index in [-0.39, 0.29) is 5.56 Å². The predicted molar refractivity (Wildman–Crippen MR) is 99.3 cm³/mol. The van der Waals surface area contributed by atoms with Gasteiger partial charge < -0.3 is 4.98 Å². The Bertz CT molecular complexity index is 949. The minimum absolute atomic E-state index is 0.244. The quantitative estimate of drug-likeness (QED) is 0.664. The van der Waals surface area contributed by atoms with Gasteiger partial charge in [-0.25, -0.2) is 4.98 Å². The third-order valence-electron chi connectivity index (χ3n) is 3.30. The maximum absolute atomic E-state index is 12.1. The highest BCUT2D eigenvalue weighted by molar-refractivity contribution is 7.98. The van der Waals surface area contributed by atoms with E-state index in [1.807, 2.05) is 30.5 Å². The first-order valence-electron chi connectivity index (χ1n) is 6.78. The zero-order valence-electron chi connectivity index (χ0n) is 12.1. The third kappa shape index (κ3) is 3.61. The molecule has 0 aliphatic heterocycles. The van der Waals surface area contributed by atoms with Crippen molar-refractivity contribution < 1.29 is 0 Å². The molecule has 1 aromatic heterocycles. The lowest BCUT2D eigenvalue weighted by Gasteiger charge is -2.03. The number of rotatable bonds is 3. The molecule has 0 amide bonds. The standard InChI is InChI=1S/C17H12Cl2N2OS/c1-23-12-5-2-10(3-6-12)8-14(19)16-20-15-9-11(18)4-7-13(15)17(22)21-16/h2-9H,1H3,(H,20,21,22)/b14-8+. The van der Waals surface area contributed by atoms with Gasteiger partial charge in [0.25, 0.3) is 5.56 Å². The molecule has 0 saturated carbocycles. The van der Waals surface area contributed by atoms with Gasteiger partial charge in [-0.2, -0.15) is 0 Å². The van der Waals surface area contributed by atoms with Crippen molar-refractivity contribution in [2.75, 3.05) is 6.26 Å². The summed E-state index contributed by atoms with van der Waals surface area (Å²) in [5, 5.41) is 1.36. The van der Waals surface area contributed by atoms with Gasteiger partial charge in [0.15, 0.2) is 5.82 Å². The Morgan fingerprint density at radius 1 is 1.22 bits per heavy atom. The van der Waals surface area contributed by atoms with Gasteiger partial charge >= 0.3 is 0 Å². The molecule has 0 spiro atoms. The Balaban J connectivity index is 2.04. The van der Waals surface area contributed by atoms with Crippen LogP contribution in [0, 0.1) is 0 Å². The molecular formula is C17H12Cl2N2OS. The summed E-state index contributed by atoms with van der Waals surface area (Å²) in [7, 11) is 0. The molecule has 0 fully saturated rings. The van der Waals surface area contributed by atoms with E-state index in [2.05, 4.69) is 9.97 Å². The topological polar surface area (TPSA) is 45.8 Å². The zero-order valence-corrected chi connectivity index (χ0v) is 14.5. The van der Waals surface area contributed by atoms with Crippen LogP contribution in [-0.4, -0.2) is 16.2 Å². The number of fused-ring (bicyclic) bond motifs is 1. The second-order valence-electron chi connectivity index (χ2n) is 4.84. The van der Waals surface area contributed by atoms with Crippen molar-refractivity contribution in [3.8, 4) is 0 Å². The van der Waals surface area contributed by atoms with Gasteiger partial charge in [-0.15, -0.1) is 11.8 Å². The number of halogens is 2. The number of benzene rings is 2. The molecule has 6 heteroatoms. The molecule has 116 valence electrons. The fraction of sp³-hybridized carbons (Fsp3) is 0.0588. The van der Waals surface area contributed by atoms with E-state index < -0.39 is 0 Å². The fourth-order valence-electron chi connectivity index (χ4n) is 2.14. The number of H-pyrrole nitrogens is 1. The van der Waals surface area contributed by atoms with E-state index >= 15 is 0 Å². The average Bonchev–Trinajstić information content (AvgIpc) is 2.55. The SMILES string of the molecule is CSc1ccc(/C=C(/Cl)c2nc3cc(Cl)ccc3c(=O)[nH]2)cc1. The van der Waals surface area contributed by atoms with Gasteiger partial charge in [-0.05, 0) is 48.2 Å². The minimum atomic E-state index is -0.244. The van der Waals surface area contributed by atoms with Crippen molar-refractivity contribution in [2.45, 2.75) is 4.90 Å². The van der Waals surface area contributed by atoms with E-state index in [9.17, 15) is 4.79 Å². The second kappa shape index (κ2) is 6.79. The first-order chi connectivity index (χ1) is 11.1. The molecule has 3 rings (SSSR count). The largest absolute Gasteiger partial charge is 0.305 e. The van der Waals surface area contributed by atoms with Crippen LogP contribution in [0.2, 0.25) is 5.02 Å². The molecule has 0 unspecified atom stereocenters. The highest BCUT2D eigenvalue weighted by atomic mass is 35.5. The first kappa shape index (κ1) is 16.1. The number of aromatic amines is 1. The first-order valence-corrected chi connectivity index (χ1v) is 8.76. The van der Waals surface area contributed by atoms with Crippen molar-refractivity contribution in [3.63, 3.8) is 0 Å². The van der Waals surface area contributed by atoms with E-state index in [1.165, 1.54) is 4.90 Å². The number of aromatic nitrogens is 2. The smallest absolute Gasteiger partial charge is 0.259 e. The monoisotopic (exact) mass is 362 g/mol. The van der Waals surface area contributed by atoms with E-state index in [1.54, 1.807) is 36.0 Å². The van der Waals surface area contributed by atoms with Crippen LogP contribution < -0.4 is 5.56 Å². The highest BCUT2D eigenvalue weighted by Crippen LogP contribution is 2.22. The lowest BCUT2D eigenvalue weighted by molar-refractivity contribution is 1.14. The third-order valence-corrected chi connectivity index (χ3v) is 4.57. The molecule has 0 bridgehead atoms. The fourth-order valence-corrected chi connectivity index (χ4v) is 2.93. The summed E-state index contributed by atoms with van der Waals surface area (Å²) >= 11 is 13.9. The number of hydrogen-bond donors (Lipinski definition) is 1.